The largest absolute Gasteiger partial charge is 0.494 e. The molecule has 0 amide bonds. The smallest absolute Gasteiger partial charge is 0.273 e. The van der Waals surface area contributed by atoms with E-state index in [1.165, 1.54) is 19.2 Å². The maximum Gasteiger partial charge on any atom is 0.273 e. The van der Waals surface area contributed by atoms with Gasteiger partial charge in [-0.2, -0.15) is 10.2 Å². The summed E-state index contributed by atoms with van der Waals surface area (Å²) < 4.78 is 5.19. The maximum atomic E-state index is 10.8. The van der Waals surface area contributed by atoms with Crippen LogP contribution >= 0.6 is 0 Å². The molecule has 0 aliphatic heterocycles. The van der Waals surface area contributed by atoms with Crippen molar-refractivity contribution in [1.29, 1.82) is 0 Å². The summed E-state index contributed by atoms with van der Waals surface area (Å²) in [5.74, 6) is 0.835. The molecule has 3 unspecified atom stereocenters. The fraction of sp³-hybridized carbons (Fsp3) is 0.625. The molecular weight excluding hydrogens is 296 g/mol. The van der Waals surface area contributed by atoms with Crippen LogP contribution in [0.5, 0.6) is 5.75 Å². The summed E-state index contributed by atoms with van der Waals surface area (Å²) in [5.41, 5.74) is 0.515. The lowest BCUT2D eigenvalue weighted by molar-refractivity contribution is -0.384. The third-order valence-electron chi connectivity index (χ3n) is 4.51. The second kappa shape index (κ2) is 7.50. The first kappa shape index (κ1) is 17.3. The van der Waals surface area contributed by atoms with Gasteiger partial charge in [-0.15, -0.1) is 0 Å². The van der Waals surface area contributed by atoms with E-state index in [-0.39, 0.29) is 11.7 Å². The van der Waals surface area contributed by atoms with Crippen molar-refractivity contribution in [2.75, 3.05) is 21.2 Å². The molecule has 23 heavy (non-hydrogen) atoms. The SMILES string of the molecule is COc1cc([N+](=O)[O-])ccc1N=NC1CCC(N(C)C)CC1C. The second-order valence-electron chi connectivity index (χ2n) is 6.30. The van der Waals surface area contributed by atoms with Gasteiger partial charge in [-0.25, -0.2) is 0 Å². The molecule has 0 N–H and O–H groups in total. The summed E-state index contributed by atoms with van der Waals surface area (Å²) in [4.78, 5) is 12.6. The zero-order valence-electron chi connectivity index (χ0n) is 14.1. The van der Waals surface area contributed by atoms with Gasteiger partial charge in [0.25, 0.3) is 5.69 Å². The molecule has 0 spiro atoms. The zero-order chi connectivity index (χ0) is 17.0. The number of nitrogens with zero attached hydrogens (tertiary/aromatic N) is 4. The number of non-ortho nitro benzene ring substituents is 1. The Labute approximate surface area is 136 Å². The molecule has 0 saturated heterocycles. The highest BCUT2D eigenvalue weighted by Crippen LogP contribution is 2.34. The van der Waals surface area contributed by atoms with E-state index in [1.807, 2.05) is 0 Å². The van der Waals surface area contributed by atoms with Gasteiger partial charge in [0.05, 0.1) is 24.1 Å². The third kappa shape index (κ3) is 4.25. The Kier molecular flexibility index (Phi) is 5.65. The molecule has 7 heteroatoms. The molecule has 0 heterocycles. The van der Waals surface area contributed by atoms with Crippen LogP contribution in [0.2, 0.25) is 0 Å². The quantitative estimate of drug-likeness (QED) is 0.469. The van der Waals surface area contributed by atoms with Crippen LogP contribution in [0.15, 0.2) is 28.4 Å². The van der Waals surface area contributed by atoms with E-state index in [0.29, 0.717) is 23.4 Å². The van der Waals surface area contributed by atoms with E-state index >= 15 is 0 Å². The molecule has 1 saturated carbocycles. The molecule has 1 fully saturated rings. The molecule has 2 rings (SSSR count). The Morgan fingerprint density at radius 2 is 2.09 bits per heavy atom. The summed E-state index contributed by atoms with van der Waals surface area (Å²) in [6.07, 6.45) is 3.22. The molecule has 1 aliphatic carbocycles. The van der Waals surface area contributed by atoms with Gasteiger partial charge in [-0.1, -0.05) is 6.92 Å². The monoisotopic (exact) mass is 320 g/mol. The summed E-state index contributed by atoms with van der Waals surface area (Å²) in [6.45, 7) is 2.20. The molecule has 1 aliphatic rings. The van der Waals surface area contributed by atoms with Crippen molar-refractivity contribution in [1.82, 2.24) is 4.90 Å². The minimum absolute atomic E-state index is 0.0133. The van der Waals surface area contributed by atoms with Gasteiger partial charge in [0, 0.05) is 12.1 Å². The van der Waals surface area contributed by atoms with E-state index in [4.69, 9.17) is 4.74 Å². The highest BCUT2D eigenvalue weighted by molar-refractivity contribution is 5.56. The Bertz CT molecular complexity index is 589. The Balaban J connectivity index is 2.10. The van der Waals surface area contributed by atoms with Gasteiger partial charge < -0.3 is 9.64 Å². The van der Waals surface area contributed by atoms with Crippen molar-refractivity contribution in [2.24, 2.45) is 16.1 Å². The Hall–Kier alpha value is -2.02. The predicted octanol–water partition coefficient (Wildman–Crippen LogP) is 3.81. The van der Waals surface area contributed by atoms with Crippen molar-refractivity contribution in [3.63, 3.8) is 0 Å². The first-order valence-electron chi connectivity index (χ1n) is 7.82. The average molecular weight is 320 g/mol. The normalized spacial score (nSPS) is 25.0. The molecule has 3 atom stereocenters. The number of hydrogen-bond acceptors (Lipinski definition) is 6. The van der Waals surface area contributed by atoms with Crippen LogP contribution in [0.25, 0.3) is 0 Å². The topological polar surface area (TPSA) is 80.3 Å². The van der Waals surface area contributed by atoms with Gasteiger partial charge in [0.2, 0.25) is 0 Å². The first-order chi connectivity index (χ1) is 10.9. The van der Waals surface area contributed by atoms with Crippen LogP contribution in [0.3, 0.4) is 0 Å². The van der Waals surface area contributed by atoms with Gasteiger partial charge >= 0.3 is 0 Å². The highest BCUT2D eigenvalue weighted by Gasteiger charge is 2.28. The van der Waals surface area contributed by atoms with Crippen molar-refractivity contribution >= 4 is 11.4 Å². The van der Waals surface area contributed by atoms with Gasteiger partial charge in [-0.05, 0) is 45.3 Å². The predicted molar refractivity (Wildman–Crippen MR) is 88.4 cm³/mol. The molecule has 0 aromatic heterocycles. The molecule has 1 aromatic rings. The van der Waals surface area contributed by atoms with Crippen LogP contribution in [-0.4, -0.2) is 43.1 Å². The lowest BCUT2D eigenvalue weighted by Gasteiger charge is -2.34. The number of hydrogen-bond donors (Lipinski definition) is 0. The second-order valence-corrected chi connectivity index (χ2v) is 6.30. The minimum atomic E-state index is -0.450. The van der Waals surface area contributed by atoms with E-state index < -0.39 is 4.92 Å². The minimum Gasteiger partial charge on any atom is -0.494 e. The van der Waals surface area contributed by atoms with Crippen LogP contribution in [0.1, 0.15) is 26.2 Å². The molecule has 7 nitrogen and oxygen atoms in total. The fourth-order valence-corrected chi connectivity index (χ4v) is 2.99. The third-order valence-corrected chi connectivity index (χ3v) is 4.51. The Morgan fingerprint density at radius 1 is 1.35 bits per heavy atom. The maximum absolute atomic E-state index is 10.8. The molecular formula is C16H24N4O3. The van der Waals surface area contributed by atoms with Crippen molar-refractivity contribution < 1.29 is 9.66 Å². The van der Waals surface area contributed by atoms with E-state index in [1.54, 1.807) is 6.07 Å². The average Bonchev–Trinajstić information content (AvgIpc) is 2.53. The van der Waals surface area contributed by atoms with E-state index in [0.717, 1.165) is 19.3 Å². The fourth-order valence-electron chi connectivity index (χ4n) is 2.99. The van der Waals surface area contributed by atoms with Crippen LogP contribution < -0.4 is 4.74 Å². The first-order valence-corrected chi connectivity index (χ1v) is 7.82. The standard InChI is InChI=1S/C16H24N4O3/c1-11-9-12(19(2)3)5-7-14(11)17-18-15-8-6-13(20(21)22)10-16(15)23-4/h6,8,10-12,14H,5,7,9H2,1-4H3. The number of ether oxygens (including phenoxy) is 1. The highest BCUT2D eigenvalue weighted by atomic mass is 16.6. The molecule has 1 aromatic carbocycles. The lowest BCUT2D eigenvalue weighted by Crippen LogP contribution is -2.37. The summed E-state index contributed by atoms with van der Waals surface area (Å²) >= 11 is 0. The number of nitro benzene ring substituents is 1. The van der Waals surface area contributed by atoms with Gasteiger partial charge in [0.15, 0.2) is 5.75 Å². The summed E-state index contributed by atoms with van der Waals surface area (Å²) in [5, 5.41) is 19.6. The number of nitro groups is 1. The number of rotatable bonds is 5. The molecule has 126 valence electrons. The van der Waals surface area contributed by atoms with Crippen molar-refractivity contribution in [3.05, 3.63) is 28.3 Å². The van der Waals surface area contributed by atoms with Crippen molar-refractivity contribution in [3.8, 4) is 5.75 Å². The van der Waals surface area contributed by atoms with Crippen LogP contribution in [0, 0.1) is 16.0 Å². The molecule has 0 radical (unpaired) electrons. The van der Waals surface area contributed by atoms with E-state index in [9.17, 15) is 10.1 Å². The Morgan fingerprint density at radius 3 is 2.65 bits per heavy atom. The lowest BCUT2D eigenvalue weighted by atomic mass is 9.83. The van der Waals surface area contributed by atoms with Gasteiger partial charge in [0.1, 0.15) is 5.69 Å². The van der Waals surface area contributed by atoms with Crippen LogP contribution in [-0.2, 0) is 0 Å². The number of azo groups is 1. The number of methoxy groups -OCH3 is 1. The zero-order valence-corrected chi connectivity index (χ0v) is 14.1. The van der Waals surface area contributed by atoms with Crippen molar-refractivity contribution in [2.45, 2.75) is 38.3 Å². The number of benzene rings is 1. The summed E-state index contributed by atoms with van der Waals surface area (Å²) in [7, 11) is 5.70. The van der Waals surface area contributed by atoms with E-state index in [2.05, 4.69) is 36.1 Å². The summed E-state index contributed by atoms with van der Waals surface area (Å²) in [6, 6.07) is 5.16. The van der Waals surface area contributed by atoms with Gasteiger partial charge in [-0.3, -0.25) is 10.1 Å². The molecule has 0 bridgehead atoms. The van der Waals surface area contributed by atoms with Crippen LogP contribution in [0.4, 0.5) is 11.4 Å².